The number of rotatable bonds is 5. The molecule has 0 saturated heterocycles. The van der Waals surface area contributed by atoms with Gasteiger partial charge in [0, 0.05) is 11.8 Å². The minimum atomic E-state index is -0.964. The van der Waals surface area contributed by atoms with Crippen LogP contribution in [0.25, 0.3) is 0 Å². The maximum Gasteiger partial charge on any atom is 0.337 e. The van der Waals surface area contributed by atoms with E-state index < -0.39 is 17.8 Å². The fourth-order valence-electron chi connectivity index (χ4n) is 2.15. The molecule has 0 unspecified atom stereocenters. The van der Waals surface area contributed by atoms with Gasteiger partial charge >= 0.3 is 17.8 Å². The molecule has 2 rings (SSSR count). The third-order valence-electron chi connectivity index (χ3n) is 3.48. The number of halogens is 1. The molecule has 0 aromatic heterocycles. The molecule has 0 saturated carbocycles. The summed E-state index contributed by atoms with van der Waals surface area (Å²) in [6.07, 6.45) is 0. The van der Waals surface area contributed by atoms with Crippen molar-refractivity contribution >= 4 is 40.8 Å². The Balaban J connectivity index is 2.12. The molecule has 0 spiro atoms. The van der Waals surface area contributed by atoms with E-state index in [1.165, 1.54) is 45.6 Å². The smallest absolute Gasteiger partial charge is 0.337 e. The molecule has 0 aliphatic heterocycles. The molecule has 0 bridgehead atoms. The van der Waals surface area contributed by atoms with Crippen LogP contribution in [0.3, 0.4) is 0 Å². The minimum Gasteiger partial charge on any atom is -0.493 e. The Hall–Kier alpha value is -3.26. The van der Waals surface area contributed by atoms with E-state index in [4.69, 9.17) is 21.1 Å². The minimum absolute atomic E-state index is 0.104. The van der Waals surface area contributed by atoms with Gasteiger partial charge < -0.3 is 24.8 Å². The maximum atomic E-state index is 12.1. The Bertz CT molecular complexity index is 884. The molecule has 0 fully saturated rings. The summed E-state index contributed by atoms with van der Waals surface area (Å²) >= 11 is 6.00. The average molecular weight is 393 g/mol. The Morgan fingerprint density at radius 1 is 0.852 bits per heavy atom. The molecule has 0 atom stereocenters. The van der Waals surface area contributed by atoms with Crippen molar-refractivity contribution in [2.75, 3.05) is 32.0 Å². The maximum absolute atomic E-state index is 12.1. The van der Waals surface area contributed by atoms with Crippen molar-refractivity contribution < 1.29 is 28.6 Å². The third kappa shape index (κ3) is 4.89. The highest BCUT2D eigenvalue weighted by Gasteiger charge is 2.18. The predicted molar refractivity (Wildman–Crippen MR) is 99.6 cm³/mol. The van der Waals surface area contributed by atoms with Crippen molar-refractivity contribution in [3.05, 3.63) is 47.0 Å². The quantitative estimate of drug-likeness (QED) is 0.599. The van der Waals surface area contributed by atoms with Crippen LogP contribution in [-0.4, -0.2) is 39.1 Å². The van der Waals surface area contributed by atoms with E-state index >= 15 is 0 Å². The summed E-state index contributed by atoms with van der Waals surface area (Å²) in [6.45, 7) is 0. The topological polar surface area (TPSA) is 103 Å². The Kier molecular flexibility index (Phi) is 6.62. The number of hydrogen-bond acceptors (Lipinski definition) is 6. The zero-order valence-corrected chi connectivity index (χ0v) is 15.5. The van der Waals surface area contributed by atoms with E-state index in [0.717, 1.165) is 0 Å². The lowest BCUT2D eigenvalue weighted by molar-refractivity contribution is -0.132. The van der Waals surface area contributed by atoms with Gasteiger partial charge in [-0.2, -0.15) is 0 Å². The molecule has 8 nitrogen and oxygen atoms in total. The molecule has 2 aromatic rings. The van der Waals surface area contributed by atoms with Crippen molar-refractivity contribution in [1.29, 1.82) is 0 Å². The van der Waals surface area contributed by atoms with E-state index in [0.29, 0.717) is 17.2 Å². The molecule has 0 radical (unpaired) electrons. The van der Waals surface area contributed by atoms with Crippen molar-refractivity contribution in [1.82, 2.24) is 0 Å². The number of anilines is 2. The Morgan fingerprint density at radius 2 is 1.52 bits per heavy atom. The SMILES string of the molecule is COC(=O)c1ccc(Cl)c(NC(=O)C(=O)Nc2ccc(OC)c(OC)c2)c1. The lowest BCUT2D eigenvalue weighted by Gasteiger charge is -2.11. The predicted octanol–water partition coefficient (Wildman–Crippen LogP) is 2.72. The highest BCUT2D eigenvalue weighted by molar-refractivity contribution is 6.44. The van der Waals surface area contributed by atoms with Crippen LogP contribution in [0.2, 0.25) is 5.02 Å². The first-order chi connectivity index (χ1) is 12.9. The summed E-state index contributed by atoms with van der Waals surface area (Å²) < 4.78 is 14.9. The van der Waals surface area contributed by atoms with Gasteiger partial charge in [0.15, 0.2) is 11.5 Å². The van der Waals surface area contributed by atoms with Gasteiger partial charge in [-0.15, -0.1) is 0 Å². The van der Waals surface area contributed by atoms with Crippen LogP contribution in [0.4, 0.5) is 11.4 Å². The number of carbonyl (C=O) groups excluding carboxylic acids is 3. The molecule has 0 aliphatic rings. The lowest BCUT2D eigenvalue weighted by atomic mass is 10.2. The molecule has 9 heteroatoms. The number of methoxy groups -OCH3 is 3. The van der Waals surface area contributed by atoms with E-state index in [9.17, 15) is 14.4 Å². The molecule has 2 aromatic carbocycles. The molecule has 0 aliphatic carbocycles. The number of esters is 1. The highest BCUT2D eigenvalue weighted by Crippen LogP contribution is 2.29. The summed E-state index contributed by atoms with van der Waals surface area (Å²) in [5.41, 5.74) is 0.617. The molecule has 2 amide bonds. The number of carbonyl (C=O) groups is 3. The summed E-state index contributed by atoms with van der Waals surface area (Å²) in [4.78, 5) is 35.8. The van der Waals surface area contributed by atoms with Crippen LogP contribution in [-0.2, 0) is 14.3 Å². The molecular weight excluding hydrogens is 376 g/mol. The van der Waals surface area contributed by atoms with Crippen LogP contribution in [0.1, 0.15) is 10.4 Å². The first-order valence-electron chi connectivity index (χ1n) is 7.61. The zero-order chi connectivity index (χ0) is 20.0. The van der Waals surface area contributed by atoms with Crippen LogP contribution in [0, 0.1) is 0 Å². The van der Waals surface area contributed by atoms with Crippen LogP contribution in [0.15, 0.2) is 36.4 Å². The van der Waals surface area contributed by atoms with Gasteiger partial charge in [0.1, 0.15) is 0 Å². The van der Waals surface area contributed by atoms with Gasteiger partial charge in [-0.25, -0.2) is 4.79 Å². The van der Waals surface area contributed by atoms with Gasteiger partial charge in [0.05, 0.1) is 37.6 Å². The molecule has 2 N–H and O–H groups in total. The van der Waals surface area contributed by atoms with Gasteiger partial charge in [-0.1, -0.05) is 11.6 Å². The van der Waals surface area contributed by atoms with E-state index in [1.54, 1.807) is 12.1 Å². The van der Waals surface area contributed by atoms with Crippen molar-refractivity contribution in [2.45, 2.75) is 0 Å². The van der Waals surface area contributed by atoms with Gasteiger partial charge in [-0.3, -0.25) is 9.59 Å². The summed E-state index contributed by atoms with van der Waals surface area (Å²) in [5, 5.41) is 4.95. The van der Waals surface area contributed by atoms with Crippen LogP contribution in [0.5, 0.6) is 11.5 Å². The Morgan fingerprint density at radius 3 is 2.15 bits per heavy atom. The van der Waals surface area contributed by atoms with Crippen LogP contribution >= 0.6 is 11.6 Å². The standard InChI is InChI=1S/C18H17ClN2O6/c1-25-14-7-5-11(9-15(14)26-2)20-16(22)17(23)21-13-8-10(18(24)27-3)4-6-12(13)19/h4-9H,1-3H3,(H,20,22)(H,21,23). The van der Waals surface area contributed by atoms with Crippen molar-refractivity contribution in [3.63, 3.8) is 0 Å². The second-order valence-corrected chi connectivity index (χ2v) is 5.57. The van der Waals surface area contributed by atoms with Gasteiger partial charge in [0.25, 0.3) is 0 Å². The zero-order valence-electron chi connectivity index (χ0n) is 14.8. The molecule has 27 heavy (non-hydrogen) atoms. The van der Waals surface area contributed by atoms with E-state index in [1.807, 2.05) is 0 Å². The fourth-order valence-corrected chi connectivity index (χ4v) is 2.31. The molecule has 0 heterocycles. The number of amides is 2. The second kappa shape index (κ2) is 8.91. The van der Waals surface area contributed by atoms with Gasteiger partial charge in [-0.05, 0) is 30.3 Å². The fraction of sp³-hybridized carbons (Fsp3) is 0.167. The summed E-state index contributed by atoms with van der Waals surface area (Å²) in [6, 6.07) is 8.81. The summed E-state index contributed by atoms with van der Waals surface area (Å²) in [7, 11) is 4.16. The van der Waals surface area contributed by atoms with Crippen molar-refractivity contribution in [2.24, 2.45) is 0 Å². The molecular formula is C18H17ClN2O6. The van der Waals surface area contributed by atoms with E-state index in [-0.39, 0.29) is 16.3 Å². The second-order valence-electron chi connectivity index (χ2n) is 5.16. The van der Waals surface area contributed by atoms with Crippen LogP contribution < -0.4 is 20.1 Å². The average Bonchev–Trinajstić information content (AvgIpc) is 2.68. The monoisotopic (exact) mass is 392 g/mol. The third-order valence-corrected chi connectivity index (χ3v) is 3.81. The first-order valence-corrected chi connectivity index (χ1v) is 7.99. The number of nitrogens with one attached hydrogen (secondary N) is 2. The number of ether oxygens (including phenoxy) is 3. The number of benzene rings is 2. The summed E-state index contributed by atoms with van der Waals surface area (Å²) in [5.74, 6) is -1.62. The van der Waals surface area contributed by atoms with Crippen molar-refractivity contribution in [3.8, 4) is 11.5 Å². The largest absolute Gasteiger partial charge is 0.493 e. The highest BCUT2D eigenvalue weighted by atomic mass is 35.5. The lowest BCUT2D eigenvalue weighted by Crippen LogP contribution is -2.29. The normalized spacial score (nSPS) is 9.93. The first kappa shape index (κ1) is 20.1. The number of hydrogen-bond donors (Lipinski definition) is 2. The van der Waals surface area contributed by atoms with E-state index in [2.05, 4.69) is 15.4 Å². The van der Waals surface area contributed by atoms with Gasteiger partial charge in [0.2, 0.25) is 0 Å². The Labute approximate surface area is 160 Å². The molecule has 142 valence electrons.